The summed E-state index contributed by atoms with van der Waals surface area (Å²) in [5, 5.41) is 17.3. The Hall–Kier alpha value is -2.60. The van der Waals surface area contributed by atoms with Crippen molar-refractivity contribution >= 4 is 17.5 Å². The number of anilines is 1. The van der Waals surface area contributed by atoms with Gasteiger partial charge in [0.15, 0.2) is 0 Å². The summed E-state index contributed by atoms with van der Waals surface area (Å²) in [4.78, 5) is 0. The molecule has 0 fully saturated rings. The Balaban J connectivity index is 1.59. The van der Waals surface area contributed by atoms with Crippen molar-refractivity contribution in [2.75, 3.05) is 5.32 Å². The van der Waals surface area contributed by atoms with Crippen molar-refractivity contribution in [1.82, 2.24) is 20.6 Å². The Morgan fingerprint density at radius 1 is 1.09 bits per heavy atom. The molecular weight excluding hydrogens is 302 g/mol. The summed E-state index contributed by atoms with van der Waals surface area (Å²) in [6, 6.07) is 15.5. The van der Waals surface area contributed by atoms with Crippen LogP contribution in [0, 0.1) is 0 Å². The molecule has 0 amide bonds. The Morgan fingerprint density at radius 2 is 1.95 bits per heavy atom. The van der Waals surface area contributed by atoms with Gasteiger partial charge in [-0.2, -0.15) is 5.21 Å². The first-order chi connectivity index (χ1) is 10.8. The average Bonchev–Trinajstić information content (AvgIpc) is 3.05. The molecule has 0 unspecified atom stereocenters. The molecule has 0 atom stereocenters. The largest absolute Gasteiger partial charge is 0.489 e. The van der Waals surface area contributed by atoms with Gasteiger partial charge in [0.1, 0.15) is 12.4 Å². The minimum atomic E-state index is 0.463. The first-order valence-electron chi connectivity index (χ1n) is 6.73. The number of benzene rings is 2. The van der Waals surface area contributed by atoms with Crippen LogP contribution in [0.3, 0.4) is 0 Å². The molecule has 22 heavy (non-hydrogen) atoms. The van der Waals surface area contributed by atoms with Gasteiger partial charge in [0.05, 0.1) is 0 Å². The molecule has 0 aliphatic heterocycles. The van der Waals surface area contributed by atoms with E-state index < -0.39 is 0 Å². The van der Waals surface area contributed by atoms with Crippen LogP contribution in [-0.2, 0) is 13.2 Å². The summed E-state index contributed by atoms with van der Waals surface area (Å²) in [7, 11) is 0. The highest BCUT2D eigenvalue weighted by Gasteiger charge is 2.01. The van der Waals surface area contributed by atoms with Crippen molar-refractivity contribution in [2.45, 2.75) is 13.2 Å². The molecule has 3 aromatic rings. The summed E-state index contributed by atoms with van der Waals surface area (Å²) >= 11 is 5.96. The van der Waals surface area contributed by atoms with E-state index in [1.54, 1.807) is 0 Å². The standard InChI is InChI=1S/C15H14ClN5O/c16-13-5-1-4-12(7-13)10-22-14-6-2-3-11(8-14)9-17-15-18-20-21-19-15/h1-8H,9-10H2,(H2,17,18,19,20,21). The molecule has 1 heterocycles. The van der Waals surface area contributed by atoms with Crippen molar-refractivity contribution in [3.05, 3.63) is 64.7 Å². The van der Waals surface area contributed by atoms with E-state index in [0.29, 0.717) is 24.1 Å². The van der Waals surface area contributed by atoms with E-state index in [2.05, 4.69) is 25.9 Å². The lowest BCUT2D eigenvalue weighted by atomic mass is 10.2. The molecule has 2 N–H and O–H groups in total. The fourth-order valence-electron chi connectivity index (χ4n) is 1.96. The third-order valence-electron chi connectivity index (χ3n) is 2.99. The minimum Gasteiger partial charge on any atom is -0.489 e. The predicted octanol–water partition coefficient (Wildman–Crippen LogP) is 3.04. The summed E-state index contributed by atoms with van der Waals surface area (Å²) in [6.07, 6.45) is 0. The smallest absolute Gasteiger partial charge is 0.263 e. The summed E-state index contributed by atoms with van der Waals surface area (Å²) < 4.78 is 5.79. The topological polar surface area (TPSA) is 75.7 Å². The molecule has 7 heteroatoms. The van der Waals surface area contributed by atoms with Gasteiger partial charge in [-0.3, -0.25) is 0 Å². The molecule has 1 aromatic heterocycles. The van der Waals surface area contributed by atoms with E-state index in [1.165, 1.54) is 0 Å². The second-order valence-corrected chi connectivity index (χ2v) is 5.09. The predicted molar refractivity (Wildman–Crippen MR) is 83.7 cm³/mol. The Labute approximate surface area is 132 Å². The molecule has 0 bridgehead atoms. The van der Waals surface area contributed by atoms with Crippen molar-refractivity contribution in [1.29, 1.82) is 0 Å². The van der Waals surface area contributed by atoms with E-state index in [1.807, 2.05) is 48.5 Å². The molecule has 0 aliphatic carbocycles. The number of ether oxygens (including phenoxy) is 1. The number of nitrogens with one attached hydrogen (secondary N) is 2. The number of H-pyrrole nitrogens is 1. The Morgan fingerprint density at radius 3 is 2.77 bits per heavy atom. The van der Waals surface area contributed by atoms with Gasteiger partial charge < -0.3 is 10.1 Å². The number of tetrazole rings is 1. The zero-order chi connectivity index (χ0) is 15.2. The lowest BCUT2D eigenvalue weighted by Gasteiger charge is -2.08. The number of hydrogen-bond acceptors (Lipinski definition) is 5. The lowest BCUT2D eigenvalue weighted by Crippen LogP contribution is -2.02. The van der Waals surface area contributed by atoms with Gasteiger partial charge in [-0.25, -0.2) is 0 Å². The van der Waals surface area contributed by atoms with E-state index >= 15 is 0 Å². The SMILES string of the molecule is Clc1cccc(COc2cccc(CNc3nn[nH]n3)c2)c1. The number of aromatic nitrogens is 4. The maximum absolute atomic E-state index is 5.96. The lowest BCUT2D eigenvalue weighted by molar-refractivity contribution is 0.306. The number of aromatic amines is 1. The van der Waals surface area contributed by atoms with Gasteiger partial charge in [-0.15, -0.1) is 5.10 Å². The van der Waals surface area contributed by atoms with Crippen molar-refractivity contribution in [2.24, 2.45) is 0 Å². The van der Waals surface area contributed by atoms with E-state index in [-0.39, 0.29) is 0 Å². The van der Waals surface area contributed by atoms with Crippen LogP contribution in [0.15, 0.2) is 48.5 Å². The molecule has 6 nitrogen and oxygen atoms in total. The Kier molecular flexibility index (Phi) is 4.50. The first kappa shape index (κ1) is 14.3. The second-order valence-electron chi connectivity index (χ2n) is 4.65. The third-order valence-corrected chi connectivity index (χ3v) is 3.22. The summed E-state index contributed by atoms with van der Waals surface area (Å²) in [6.45, 7) is 1.07. The zero-order valence-corrected chi connectivity index (χ0v) is 12.4. The van der Waals surface area contributed by atoms with Gasteiger partial charge >= 0.3 is 0 Å². The van der Waals surface area contributed by atoms with Crippen LogP contribution in [-0.4, -0.2) is 20.6 Å². The molecule has 0 radical (unpaired) electrons. The quantitative estimate of drug-likeness (QED) is 0.731. The Bertz CT molecular complexity index is 732. The average molecular weight is 316 g/mol. The van der Waals surface area contributed by atoms with Crippen LogP contribution >= 0.6 is 11.6 Å². The molecule has 3 rings (SSSR count). The van der Waals surface area contributed by atoms with E-state index in [9.17, 15) is 0 Å². The highest BCUT2D eigenvalue weighted by molar-refractivity contribution is 6.30. The monoisotopic (exact) mass is 315 g/mol. The maximum Gasteiger partial charge on any atom is 0.263 e. The van der Waals surface area contributed by atoms with Crippen molar-refractivity contribution in [3.63, 3.8) is 0 Å². The van der Waals surface area contributed by atoms with Crippen LogP contribution in [0.4, 0.5) is 5.95 Å². The second kappa shape index (κ2) is 6.91. The molecular formula is C15H14ClN5O. The highest BCUT2D eigenvalue weighted by atomic mass is 35.5. The van der Waals surface area contributed by atoms with Gasteiger partial charge in [-0.05, 0) is 40.6 Å². The normalized spacial score (nSPS) is 10.4. The summed E-state index contributed by atoms with van der Waals surface area (Å²) in [5.41, 5.74) is 2.09. The third kappa shape index (κ3) is 3.95. The van der Waals surface area contributed by atoms with Crippen LogP contribution in [0.2, 0.25) is 5.02 Å². The van der Waals surface area contributed by atoms with E-state index in [0.717, 1.165) is 16.9 Å². The first-order valence-corrected chi connectivity index (χ1v) is 7.11. The minimum absolute atomic E-state index is 0.463. The highest BCUT2D eigenvalue weighted by Crippen LogP contribution is 2.17. The van der Waals surface area contributed by atoms with Gasteiger partial charge in [0.25, 0.3) is 5.95 Å². The zero-order valence-electron chi connectivity index (χ0n) is 11.7. The van der Waals surface area contributed by atoms with Gasteiger partial charge in [0, 0.05) is 11.6 Å². The number of rotatable bonds is 6. The number of hydrogen-bond donors (Lipinski definition) is 2. The van der Waals surface area contributed by atoms with Gasteiger partial charge in [-0.1, -0.05) is 41.0 Å². The molecule has 112 valence electrons. The fourth-order valence-corrected chi connectivity index (χ4v) is 2.17. The van der Waals surface area contributed by atoms with Crippen LogP contribution in [0.5, 0.6) is 5.75 Å². The molecule has 2 aromatic carbocycles. The van der Waals surface area contributed by atoms with Gasteiger partial charge in [0.2, 0.25) is 0 Å². The summed E-state index contributed by atoms with van der Waals surface area (Å²) in [5.74, 6) is 1.26. The van der Waals surface area contributed by atoms with Crippen LogP contribution < -0.4 is 10.1 Å². The number of halogens is 1. The number of nitrogens with zero attached hydrogens (tertiary/aromatic N) is 3. The van der Waals surface area contributed by atoms with Crippen molar-refractivity contribution in [3.8, 4) is 5.75 Å². The van der Waals surface area contributed by atoms with Crippen LogP contribution in [0.1, 0.15) is 11.1 Å². The fraction of sp³-hybridized carbons (Fsp3) is 0.133. The molecule has 0 aliphatic rings. The van der Waals surface area contributed by atoms with E-state index in [4.69, 9.17) is 16.3 Å². The molecule has 0 saturated heterocycles. The molecule has 0 spiro atoms. The molecule has 0 saturated carbocycles. The van der Waals surface area contributed by atoms with Crippen LogP contribution in [0.25, 0.3) is 0 Å². The maximum atomic E-state index is 5.96. The van der Waals surface area contributed by atoms with Crippen molar-refractivity contribution < 1.29 is 4.74 Å².